The number of rotatable bonds is 10. The molecule has 3 fully saturated rings. The number of piperidine rings is 1. The summed E-state index contributed by atoms with van der Waals surface area (Å²) in [5, 5.41) is 32.2. The van der Waals surface area contributed by atoms with Crippen molar-refractivity contribution < 1.29 is 24.8 Å². The molecule has 7 atom stereocenters. The van der Waals surface area contributed by atoms with Crippen LogP contribution in [0.4, 0.5) is 0 Å². The van der Waals surface area contributed by atoms with Crippen molar-refractivity contribution >= 4 is 0 Å². The molecular weight excluding hydrogens is 358 g/mol. The number of aliphatic hydroxyl groups is 3. The summed E-state index contributed by atoms with van der Waals surface area (Å²) in [7, 11) is 0. The van der Waals surface area contributed by atoms with E-state index in [1.165, 1.54) is 32.1 Å². The molecule has 5 aliphatic rings. The second kappa shape index (κ2) is 9.11. The van der Waals surface area contributed by atoms with Crippen LogP contribution in [0.25, 0.3) is 0 Å². The molecule has 6 nitrogen and oxygen atoms in total. The highest BCUT2D eigenvalue weighted by Crippen LogP contribution is 2.56. The summed E-state index contributed by atoms with van der Waals surface area (Å²) in [5.41, 5.74) is 2.05. The third kappa shape index (κ3) is 4.63. The molecule has 2 unspecified atom stereocenters. The SMILES string of the molecule is OC[C@H]1NC[C@H](OCCCCCOCC23C=C4CC(C[C@H](C4)C2)C3)[C@@H](O)[C@@H]1O. The van der Waals surface area contributed by atoms with Gasteiger partial charge in [-0.05, 0) is 63.2 Å². The van der Waals surface area contributed by atoms with Gasteiger partial charge < -0.3 is 30.1 Å². The molecule has 4 bridgehead atoms. The lowest BCUT2D eigenvalue weighted by molar-refractivity contribution is -0.124. The fourth-order valence-corrected chi connectivity index (χ4v) is 6.13. The van der Waals surface area contributed by atoms with Gasteiger partial charge in [-0.25, -0.2) is 0 Å². The summed E-state index contributed by atoms with van der Waals surface area (Å²) < 4.78 is 11.8. The van der Waals surface area contributed by atoms with E-state index >= 15 is 0 Å². The van der Waals surface area contributed by atoms with Crippen molar-refractivity contribution in [3.05, 3.63) is 11.6 Å². The van der Waals surface area contributed by atoms with Crippen LogP contribution in [0.1, 0.15) is 51.4 Å². The van der Waals surface area contributed by atoms with Crippen molar-refractivity contribution in [1.29, 1.82) is 0 Å². The molecule has 1 aliphatic heterocycles. The average Bonchev–Trinajstić information content (AvgIpc) is 2.66. The first-order chi connectivity index (χ1) is 13.6. The van der Waals surface area contributed by atoms with Gasteiger partial charge in [0.15, 0.2) is 0 Å². The smallest absolute Gasteiger partial charge is 0.109 e. The van der Waals surface area contributed by atoms with Crippen molar-refractivity contribution in [2.24, 2.45) is 17.3 Å². The molecular formula is C22H37NO5. The summed E-state index contributed by atoms with van der Waals surface area (Å²) in [5.74, 6) is 1.84. The van der Waals surface area contributed by atoms with E-state index in [4.69, 9.17) is 14.6 Å². The van der Waals surface area contributed by atoms with Crippen molar-refractivity contribution in [2.45, 2.75) is 75.7 Å². The van der Waals surface area contributed by atoms with E-state index in [2.05, 4.69) is 11.4 Å². The maximum Gasteiger partial charge on any atom is 0.109 e. The Morgan fingerprint density at radius 1 is 1.04 bits per heavy atom. The number of allylic oxidation sites excluding steroid dienone is 1. The first-order valence-electron chi connectivity index (χ1n) is 11.2. The normalized spacial score (nSPS) is 42.0. The number of hydrogen-bond acceptors (Lipinski definition) is 6. The summed E-state index contributed by atoms with van der Waals surface area (Å²) in [6.07, 6.45) is 10.0. The predicted octanol–water partition coefficient (Wildman–Crippen LogP) is 1.38. The van der Waals surface area contributed by atoms with Crippen molar-refractivity contribution in [2.75, 3.05) is 33.0 Å². The minimum atomic E-state index is -0.989. The topological polar surface area (TPSA) is 91.2 Å². The zero-order valence-electron chi connectivity index (χ0n) is 16.9. The maximum absolute atomic E-state index is 10.1. The number of aliphatic hydroxyl groups excluding tert-OH is 3. The molecule has 4 N–H and O–H groups in total. The van der Waals surface area contributed by atoms with Crippen molar-refractivity contribution in [1.82, 2.24) is 5.32 Å². The van der Waals surface area contributed by atoms with Gasteiger partial charge in [0.2, 0.25) is 0 Å². The van der Waals surface area contributed by atoms with Crippen LogP contribution >= 0.6 is 0 Å². The van der Waals surface area contributed by atoms with E-state index in [1.54, 1.807) is 5.57 Å². The molecule has 2 saturated carbocycles. The Bertz CT molecular complexity index is 537. The first-order valence-corrected chi connectivity index (χ1v) is 11.2. The Labute approximate surface area is 168 Å². The molecule has 0 spiro atoms. The highest BCUT2D eigenvalue weighted by atomic mass is 16.5. The van der Waals surface area contributed by atoms with Gasteiger partial charge in [-0.2, -0.15) is 0 Å². The highest BCUT2D eigenvalue weighted by Gasteiger charge is 2.46. The molecule has 6 heteroatoms. The van der Waals surface area contributed by atoms with Crippen molar-refractivity contribution in [3.63, 3.8) is 0 Å². The van der Waals surface area contributed by atoms with Gasteiger partial charge in [-0.15, -0.1) is 0 Å². The third-order valence-electron chi connectivity index (χ3n) is 7.24. The average molecular weight is 396 g/mol. The zero-order valence-corrected chi connectivity index (χ0v) is 16.9. The van der Waals surface area contributed by atoms with Crippen LogP contribution in [0.2, 0.25) is 0 Å². The van der Waals surface area contributed by atoms with Gasteiger partial charge in [-0.3, -0.25) is 0 Å². The van der Waals surface area contributed by atoms with Gasteiger partial charge in [0, 0.05) is 25.2 Å². The number of ether oxygens (including phenoxy) is 2. The number of unbranched alkanes of at least 4 members (excludes halogenated alkanes) is 2. The molecule has 5 rings (SSSR count). The van der Waals surface area contributed by atoms with Crippen LogP contribution in [0.5, 0.6) is 0 Å². The van der Waals surface area contributed by atoms with Gasteiger partial charge in [0.25, 0.3) is 0 Å². The van der Waals surface area contributed by atoms with E-state index in [9.17, 15) is 10.2 Å². The monoisotopic (exact) mass is 395 g/mol. The van der Waals surface area contributed by atoms with Crippen LogP contribution in [-0.4, -0.2) is 72.6 Å². The first kappa shape index (κ1) is 20.8. The lowest BCUT2D eigenvalue weighted by Gasteiger charge is -2.51. The van der Waals surface area contributed by atoms with Crippen LogP contribution in [0.3, 0.4) is 0 Å². The molecule has 0 aromatic carbocycles. The second-order valence-electron chi connectivity index (χ2n) is 9.65. The largest absolute Gasteiger partial charge is 0.395 e. The molecule has 1 saturated heterocycles. The van der Waals surface area contributed by atoms with E-state index < -0.39 is 24.4 Å². The highest BCUT2D eigenvalue weighted by molar-refractivity contribution is 5.23. The minimum Gasteiger partial charge on any atom is -0.395 e. The number of nitrogens with one attached hydrogen (secondary N) is 1. The van der Waals surface area contributed by atoms with Crippen LogP contribution in [0.15, 0.2) is 11.6 Å². The zero-order chi connectivity index (χ0) is 19.6. The molecule has 160 valence electrons. The Kier molecular flexibility index (Phi) is 6.75. The maximum atomic E-state index is 10.1. The third-order valence-corrected chi connectivity index (χ3v) is 7.24. The summed E-state index contributed by atoms with van der Waals surface area (Å²) in [4.78, 5) is 0. The minimum absolute atomic E-state index is 0.190. The van der Waals surface area contributed by atoms with E-state index in [0.717, 1.165) is 44.3 Å². The quantitative estimate of drug-likeness (QED) is 0.330. The molecule has 1 heterocycles. The standard InChI is InChI=1S/C22H37NO5/c24-13-18-20(25)21(26)19(12-23-18)28-5-3-1-2-4-27-14-22-9-15-6-16(10-22)8-17(7-15)11-22/h9,16-21,23-26H,1-8,10-14H2/t16-,17?,18+,19-,20+,21+,22?/m0/s1. The van der Waals surface area contributed by atoms with Gasteiger partial charge in [-0.1, -0.05) is 11.6 Å². The molecule has 0 amide bonds. The predicted molar refractivity (Wildman–Crippen MR) is 106 cm³/mol. The van der Waals surface area contributed by atoms with Gasteiger partial charge in [0.05, 0.1) is 31.5 Å². The van der Waals surface area contributed by atoms with Crippen molar-refractivity contribution in [3.8, 4) is 0 Å². The van der Waals surface area contributed by atoms with Gasteiger partial charge in [0.1, 0.15) is 6.10 Å². The molecule has 4 aliphatic carbocycles. The molecule has 0 aromatic rings. The summed E-state index contributed by atoms with van der Waals surface area (Å²) >= 11 is 0. The second-order valence-corrected chi connectivity index (χ2v) is 9.65. The Morgan fingerprint density at radius 2 is 1.79 bits per heavy atom. The Morgan fingerprint density at radius 3 is 2.50 bits per heavy atom. The van der Waals surface area contributed by atoms with E-state index in [1.807, 2.05) is 0 Å². The molecule has 0 aromatic heterocycles. The Balaban J connectivity index is 1.06. The van der Waals surface area contributed by atoms with Gasteiger partial charge >= 0.3 is 0 Å². The Hall–Kier alpha value is -0.500. The fourth-order valence-electron chi connectivity index (χ4n) is 6.13. The van der Waals surface area contributed by atoms with E-state index in [0.29, 0.717) is 18.6 Å². The lowest BCUT2D eigenvalue weighted by Crippen LogP contribution is -2.61. The lowest BCUT2D eigenvalue weighted by atomic mass is 9.55. The van der Waals surface area contributed by atoms with Crippen LogP contribution < -0.4 is 5.32 Å². The van der Waals surface area contributed by atoms with Crippen LogP contribution in [-0.2, 0) is 9.47 Å². The summed E-state index contributed by atoms with van der Waals surface area (Å²) in [6.45, 7) is 2.53. The summed E-state index contributed by atoms with van der Waals surface area (Å²) in [6, 6.07) is -0.475. The van der Waals surface area contributed by atoms with E-state index in [-0.39, 0.29) is 6.61 Å². The van der Waals surface area contributed by atoms with Crippen LogP contribution in [0, 0.1) is 17.3 Å². The molecule has 0 radical (unpaired) electrons. The number of hydrogen-bond donors (Lipinski definition) is 4. The molecule has 28 heavy (non-hydrogen) atoms. The fraction of sp³-hybridized carbons (Fsp3) is 0.909.